The third-order valence-electron chi connectivity index (χ3n) is 7.45. The maximum Gasteiger partial charge on any atom is 0.101 e. The van der Waals surface area contributed by atoms with Crippen molar-refractivity contribution in [2.75, 3.05) is 49.5 Å². The maximum atomic E-state index is 9.52. The number of morpholine rings is 1. The van der Waals surface area contributed by atoms with E-state index in [1.165, 1.54) is 22.5 Å². The van der Waals surface area contributed by atoms with Gasteiger partial charge in [-0.25, -0.2) is 0 Å². The molecule has 6 rings (SSSR count). The Morgan fingerprint density at radius 1 is 1.24 bits per heavy atom. The number of ether oxygens (including phenoxy) is 1. The number of hydrogen-bond donors (Lipinski definition) is 2. The molecule has 0 unspecified atom stereocenters. The quantitative estimate of drug-likeness (QED) is 0.627. The molecule has 0 aliphatic carbocycles. The number of aromatic nitrogens is 1. The molecule has 0 bridgehead atoms. The molecular formula is C27H30N6O. The lowest BCUT2D eigenvalue weighted by Crippen LogP contribution is -2.51. The minimum atomic E-state index is 0.221. The number of nitrogens with one attached hydrogen (secondary N) is 2. The molecule has 4 heterocycles. The van der Waals surface area contributed by atoms with E-state index in [4.69, 9.17) is 4.74 Å². The largest absolute Gasteiger partial charge is 0.382 e. The number of hydrogen-bond acceptors (Lipinski definition) is 7. The van der Waals surface area contributed by atoms with Gasteiger partial charge in [-0.05, 0) is 54.4 Å². The van der Waals surface area contributed by atoms with Crippen LogP contribution in [-0.2, 0) is 11.3 Å². The molecule has 1 aromatic heterocycles. The number of rotatable bonds is 4. The van der Waals surface area contributed by atoms with Crippen LogP contribution < -0.4 is 15.5 Å². The van der Waals surface area contributed by atoms with Gasteiger partial charge in [-0.3, -0.25) is 9.88 Å². The fraction of sp³-hybridized carbons (Fsp3) is 0.407. The molecule has 7 nitrogen and oxygen atoms in total. The Morgan fingerprint density at radius 3 is 3.03 bits per heavy atom. The van der Waals surface area contributed by atoms with E-state index in [1.54, 1.807) is 6.20 Å². The van der Waals surface area contributed by atoms with Crippen LogP contribution in [-0.4, -0.2) is 61.4 Å². The van der Waals surface area contributed by atoms with Crippen LogP contribution in [0.1, 0.15) is 29.7 Å². The van der Waals surface area contributed by atoms with Crippen LogP contribution in [0.3, 0.4) is 0 Å². The van der Waals surface area contributed by atoms with E-state index in [0.717, 1.165) is 56.8 Å². The number of fused-ring (bicyclic) bond motifs is 4. The van der Waals surface area contributed by atoms with Crippen molar-refractivity contribution < 1.29 is 4.74 Å². The second kappa shape index (κ2) is 8.88. The van der Waals surface area contributed by atoms with Gasteiger partial charge in [0.05, 0.1) is 29.8 Å². The minimum Gasteiger partial charge on any atom is -0.382 e. The average molecular weight is 455 g/mol. The molecule has 0 radical (unpaired) electrons. The van der Waals surface area contributed by atoms with Crippen molar-refractivity contribution in [1.82, 2.24) is 15.2 Å². The van der Waals surface area contributed by atoms with E-state index in [2.05, 4.69) is 68.7 Å². The van der Waals surface area contributed by atoms with Crippen LogP contribution in [0, 0.1) is 11.3 Å². The second-order valence-electron chi connectivity index (χ2n) is 9.58. The highest BCUT2D eigenvalue weighted by Gasteiger charge is 2.39. The van der Waals surface area contributed by atoms with Gasteiger partial charge in [0.1, 0.15) is 6.07 Å². The first-order valence-corrected chi connectivity index (χ1v) is 12.2. The zero-order valence-corrected chi connectivity index (χ0v) is 19.5. The van der Waals surface area contributed by atoms with E-state index < -0.39 is 0 Å². The normalized spacial score (nSPS) is 24.5. The molecule has 2 aromatic carbocycles. The van der Waals surface area contributed by atoms with Crippen molar-refractivity contribution in [3.05, 3.63) is 65.4 Å². The molecule has 174 valence electrons. The number of piperazine rings is 1. The summed E-state index contributed by atoms with van der Waals surface area (Å²) >= 11 is 0. The number of benzene rings is 2. The summed E-state index contributed by atoms with van der Waals surface area (Å²) in [6.07, 6.45) is 1.99. The number of nitrogens with zero attached hydrogens (tertiary/aromatic N) is 4. The molecule has 2 N–H and O–H groups in total. The van der Waals surface area contributed by atoms with Gasteiger partial charge in [-0.15, -0.1) is 0 Å². The summed E-state index contributed by atoms with van der Waals surface area (Å²) in [5.41, 5.74) is 6.60. The zero-order valence-electron chi connectivity index (χ0n) is 19.5. The molecule has 3 aromatic rings. The fourth-order valence-electron chi connectivity index (χ4n) is 5.74. The monoisotopic (exact) mass is 454 g/mol. The van der Waals surface area contributed by atoms with Crippen LogP contribution >= 0.6 is 0 Å². The van der Waals surface area contributed by atoms with Gasteiger partial charge < -0.3 is 20.3 Å². The molecule has 3 atom stereocenters. The van der Waals surface area contributed by atoms with Crippen molar-refractivity contribution in [2.45, 2.75) is 31.7 Å². The Morgan fingerprint density at radius 2 is 2.18 bits per heavy atom. The molecule has 0 saturated carbocycles. The van der Waals surface area contributed by atoms with Crippen molar-refractivity contribution >= 4 is 22.3 Å². The summed E-state index contributed by atoms with van der Waals surface area (Å²) in [5, 5.41) is 17.5. The summed E-state index contributed by atoms with van der Waals surface area (Å²) in [4.78, 5) is 9.62. The van der Waals surface area contributed by atoms with E-state index in [1.807, 2.05) is 12.1 Å². The highest BCUT2D eigenvalue weighted by Crippen LogP contribution is 2.41. The highest BCUT2D eigenvalue weighted by molar-refractivity contribution is 5.95. The van der Waals surface area contributed by atoms with E-state index in [-0.39, 0.29) is 6.10 Å². The van der Waals surface area contributed by atoms with Crippen LogP contribution in [0.15, 0.2) is 48.7 Å². The molecule has 3 aliphatic heterocycles. The lowest BCUT2D eigenvalue weighted by Gasteiger charge is -2.43. The first kappa shape index (κ1) is 21.4. The molecule has 3 aliphatic rings. The molecule has 0 spiro atoms. The number of anilines is 2. The Bertz CT molecular complexity index is 1250. The molecule has 7 heteroatoms. The lowest BCUT2D eigenvalue weighted by atomic mass is 9.99. The predicted octanol–water partition coefficient (Wildman–Crippen LogP) is 3.27. The molecule has 34 heavy (non-hydrogen) atoms. The Kier molecular flexibility index (Phi) is 5.58. The third-order valence-corrected chi connectivity index (χ3v) is 7.45. The summed E-state index contributed by atoms with van der Waals surface area (Å²) < 4.78 is 5.82. The predicted molar refractivity (Wildman–Crippen MR) is 134 cm³/mol. The molecule has 2 saturated heterocycles. The molecule has 2 fully saturated rings. The Hall–Kier alpha value is -3.18. The van der Waals surface area contributed by atoms with Gasteiger partial charge >= 0.3 is 0 Å². The summed E-state index contributed by atoms with van der Waals surface area (Å²) in [7, 11) is 0. The zero-order chi connectivity index (χ0) is 23.1. The van der Waals surface area contributed by atoms with Crippen LogP contribution in [0.4, 0.5) is 11.4 Å². The SMILES string of the molecule is C[C@@H]1CN(c2ccc(C#N)c3ncccc23)C[C@@H]2c3ccc(NC[C@@H]4CNCCO4)cc3CN12. The first-order chi connectivity index (χ1) is 16.7. The first-order valence-electron chi connectivity index (χ1n) is 12.2. The van der Waals surface area contributed by atoms with E-state index in [9.17, 15) is 5.26 Å². The number of nitriles is 1. The van der Waals surface area contributed by atoms with Crippen molar-refractivity contribution in [3.8, 4) is 6.07 Å². The van der Waals surface area contributed by atoms with Gasteiger partial charge in [0, 0.05) is 68.3 Å². The van der Waals surface area contributed by atoms with Gasteiger partial charge in [-0.1, -0.05) is 6.07 Å². The fourth-order valence-corrected chi connectivity index (χ4v) is 5.74. The van der Waals surface area contributed by atoms with Crippen LogP contribution in [0.25, 0.3) is 10.9 Å². The van der Waals surface area contributed by atoms with Gasteiger partial charge in [0.15, 0.2) is 0 Å². The van der Waals surface area contributed by atoms with E-state index in [0.29, 0.717) is 17.6 Å². The third kappa shape index (κ3) is 3.78. The second-order valence-corrected chi connectivity index (χ2v) is 9.58. The standard InChI is InChI=1S/C27H30N6O/c1-18-15-32(25-7-4-19(12-28)27-24(25)3-2-8-30-27)17-26-23-6-5-21(11-20(23)16-33(18)26)31-14-22-13-29-9-10-34-22/h2-8,11,18,22,26,29,31H,9-10,13-17H2,1H3/t18-,22+,26-/m1/s1. The lowest BCUT2D eigenvalue weighted by molar-refractivity contribution is 0.0372. The highest BCUT2D eigenvalue weighted by atomic mass is 16.5. The van der Waals surface area contributed by atoms with Gasteiger partial charge in [-0.2, -0.15) is 5.26 Å². The van der Waals surface area contributed by atoms with E-state index >= 15 is 0 Å². The molecular weight excluding hydrogens is 424 g/mol. The van der Waals surface area contributed by atoms with Crippen LogP contribution in [0.2, 0.25) is 0 Å². The topological polar surface area (TPSA) is 76.5 Å². The van der Waals surface area contributed by atoms with Crippen molar-refractivity contribution in [3.63, 3.8) is 0 Å². The summed E-state index contributed by atoms with van der Waals surface area (Å²) in [6.45, 7) is 8.65. The average Bonchev–Trinajstić information content (AvgIpc) is 3.26. The number of pyridine rings is 1. The minimum absolute atomic E-state index is 0.221. The molecule has 0 amide bonds. The van der Waals surface area contributed by atoms with Gasteiger partial charge in [0.2, 0.25) is 0 Å². The summed E-state index contributed by atoms with van der Waals surface area (Å²) in [6, 6.07) is 18.0. The van der Waals surface area contributed by atoms with Crippen molar-refractivity contribution in [1.29, 1.82) is 5.26 Å². The summed E-state index contributed by atoms with van der Waals surface area (Å²) in [5.74, 6) is 0. The van der Waals surface area contributed by atoms with Gasteiger partial charge in [0.25, 0.3) is 0 Å². The van der Waals surface area contributed by atoms with Crippen molar-refractivity contribution in [2.24, 2.45) is 0 Å². The maximum absolute atomic E-state index is 9.52. The van der Waals surface area contributed by atoms with Crippen LogP contribution in [0.5, 0.6) is 0 Å². The Labute approximate surface area is 200 Å². The Balaban J connectivity index is 1.24. The smallest absolute Gasteiger partial charge is 0.101 e.